The fraction of sp³-hybridized carbons (Fsp3) is 0.467. The van der Waals surface area contributed by atoms with Gasteiger partial charge in [-0.1, -0.05) is 39.3 Å². The molecule has 0 aliphatic carbocycles. The highest BCUT2D eigenvalue weighted by atomic mass is 79.9. The van der Waals surface area contributed by atoms with Gasteiger partial charge in [-0.25, -0.2) is 0 Å². The van der Waals surface area contributed by atoms with Crippen LogP contribution < -0.4 is 0 Å². The highest BCUT2D eigenvalue weighted by Gasteiger charge is 2.54. The lowest BCUT2D eigenvalue weighted by molar-refractivity contribution is -0.0355. The van der Waals surface area contributed by atoms with Crippen LogP contribution in [0.1, 0.15) is 50.7 Å². The zero-order valence-corrected chi connectivity index (χ0v) is 14.1. The summed E-state index contributed by atoms with van der Waals surface area (Å²) in [5.74, 6) is 0.222. The summed E-state index contributed by atoms with van der Waals surface area (Å²) < 4.78 is 41.0. The first-order valence-corrected chi connectivity index (χ1v) is 10.1. The van der Waals surface area contributed by atoms with E-state index in [0.717, 1.165) is 5.56 Å². The number of alkyl halides is 3. The van der Waals surface area contributed by atoms with Crippen LogP contribution in [0.3, 0.4) is 0 Å². The molecule has 0 radical (unpaired) electrons. The Morgan fingerprint density at radius 2 is 1.90 bits per heavy atom. The van der Waals surface area contributed by atoms with Gasteiger partial charge in [-0.3, -0.25) is 0 Å². The van der Waals surface area contributed by atoms with Gasteiger partial charge in [0.25, 0.3) is 0 Å². The molecule has 0 spiro atoms. The van der Waals surface area contributed by atoms with Crippen molar-refractivity contribution >= 4 is 29.4 Å². The second-order valence-corrected chi connectivity index (χ2v) is 10.7. The number of halogens is 4. The van der Waals surface area contributed by atoms with Crippen molar-refractivity contribution in [3.63, 3.8) is 0 Å². The minimum atomic E-state index is -4.26. The summed E-state index contributed by atoms with van der Waals surface area (Å²) >= 11 is 3.11. The van der Waals surface area contributed by atoms with Crippen LogP contribution in [-0.4, -0.2) is 5.51 Å². The average molecular weight is 367 g/mol. The molecule has 0 nitrogen and oxygen atoms in total. The monoisotopic (exact) mass is 366 g/mol. The predicted octanol–water partition coefficient (Wildman–Crippen LogP) is 6.96. The van der Waals surface area contributed by atoms with Crippen LogP contribution in [0.4, 0.5) is 13.2 Å². The minimum Gasteiger partial charge on any atom is -0.160 e. The molecule has 1 aromatic rings. The predicted molar refractivity (Wildman–Crippen MR) is 84.3 cm³/mol. The molecule has 1 aliphatic rings. The molecule has 0 fully saturated rings. The van der Waals surface area contributed by atoms with Crippen molar-refractivity contribution in [1.29, 1.82) is 0 Å². The Balaban J connectivity index is 2.61. The normalized spacial score (nSPS) is 25.3. The highest BCUT2D eigenvalue weighted by Crippen LogP contribution is 2.81. The molecule has 5 heteroatoms. The quantitative estimate of drug-likeness (QED) is 0.542. The fourth-order valence-corrected chi connectivity index (χ4v) is 6.36. The first-order chi connectivity index (χ1) is 9.21. The smallest absolute Gasteiger partial charge is 0.160 e. The molecule has 0 saturated heterocycles. The van der Waals surface area contributed by atoms with E-state index in [4.69, 9.17) is 0 Å². The maximum absolute atomic E-state index is 13.7. The van der Waals surface area contributed by atoms with Crippen LogP contribution >= 0.6 is 23.3 Å². The van der Waals surface area contributed by atoms with E-state index in [9.17, 15) is 13.2 Å². The van der Waals surface area contributed by atoms with Gasteiger partial charge in [-0.2, -0.15) is 13.2 Å². The summed E-state index contributed by atoms with van der Waals surface area (Å²) in [6, 6.07) is 5.48. The van der Waals surface area contributed by atoms with Crippen molar-refractivity contribution in [1.82, 2.24) is 0 Å². The van der Waals surface area contributed by atoms with Gasteiger partial charge in [0.2, 0.25) is 0 Å². The van der Waals surface area contributed by atoms with Crippen molar-refractivity contribution < 1.29 is 13.2 Å². The molecule has 0 amide bonds. The van der Waals surface area contributed by atoms with Crippen LogP contribution in [0.15, 0.2) is 28.0 Å². The minimum absolute atomic E-state index is 0.222. The summed E-state index contributed by atoms with van der Waals surface area (Å²) in [7, 11) is -3.06. The van der Waals surface area contributed by atoms with Gasteiger partial charge in [-0.15, -0.1) is 0 Å². The van der Waals surface area contributed by atoms with E-state index in [-0.39, 0.29) is 5.92 Å². The second kappa shape index (κ2) is 5.41. The van der Waals surface area contributed by atoms with Crippen molar-refractivity contribution in [2.24, 2.45) is 0 Å². The molecule has 0 aromatic heterocycles. The Hall–Kier alpha value is -0.420. The Labute approximate surface area is 127 Å². The first-order valence-electron chi connectivity index (χ1n) is 6.65. The standard InChI is InChI=1S/C15H18BrF3S/c1-4-5-13-8-12-7-6-11(10(2)3)9-14(12)20(13,16)15(17,18)19/h6-10H,4-5H2,1-3H3. The molecular weight excluding hydrogens is 349 g/mol. The molecular formula is C15H18BrF3S. The maximum atomic E-state index is 13.7. The van der Waals surface area contributed by atoms with Gasteiger partial charge in [0.1, 0.15) is 0 Å². The lowest BCUT2D eigenvalue weighted by Crippen LogP contribution is -2.16. The van der Waals surface area contributed by atoms with E-state index < -0.39 is 14.0 Å². The molecule has 0 saturated carbocycles. The molecule has 1 unspecified atom stereocenters. The van der Waals surface area contributed by atoms with E-state index in [1.54, 1.807) is 12.1 Å². The van der Waals surface area contributed by atoms with E-state index in [1.807, 2.05) is 32.9 Å². The number of fused-ring (bicyclic) bond motifs is 1. The number of hydrogen-bond acceptors (Lipinski definition) is 0. The largest absolute Gasteiger partial charge is 0.442 e. The van der Waals surface area contributed by atoms with Crippen LogP contribution in [0.25, 0.3) is 6.08 Å². The van der Waals surface area contributed by atoms with Gasteiger partial charge >= 0.3 is 5.51 Å². The van der Waals surface area contributed by atoms with Crippen molar-refractivity contribution in [2.75, 3.05) is 0 Å². The van der Waals surface area contributed by atoms with Crippen LogP contribution in [-0.2, 0) is 0 Å². The molecule has 0 N–H and O–H groups in total. The lowest BCUT2D eigenvalue weighted by atomic mass is 10.0. The summed E-state index contributed by atoms with van der Waals surface area (Å²) in [6.45, 7) is 5.90. The summed E-state index contributed by atoms with van der Waals surface area (Å²) in [6.07, 6.45) is 2.92. The Kier molecular flexibility index (Phi) is 4.32. The molecule has 1 aliphatic heterocycles. The van der Waals surface area contributed by atoms with Gasteiger partial charge in [0.05, 0.1) is 0 Å². The second-order valence-electron chi connectivity index (χ2n) is 5.30. The topological polar surface area (TPSA) is 0 Å². The van der Waals surface area contributed by atoms with Crippen LogP contribution in [0.5, 0.6) is 0 Å². The van der Waals surface area contributed by atoms with Gasteiger partial charge in [0, 0.05) is 4.90 Å². The maximum Gasteiger partial charge on any atom is 0.442 e. The molecule has 20 heavy (non-hydrogen) atoms. The zero-order valence-electron chi connectivity index (χ0n) is 11.7. The number of benzene rings is 1. The highest BCUT2D eigenvalue weighted by molar-refractivity contribution is 9.59. The Morgan fingerprint density at radius 1 is 1.25 bits per heavy atom. The van der Waals surface area contributed by atoms with Crippen molar-refractivity contribution in [2.45, 2.75) is 49.9 Å². The molecule has 1 heterocycles. The van der Waals surface area contributed by atoms with Crippen molar-refractivity contribution in [3.8, 4) is 0 Å². The summed E-state index contributed by atoms with van der Waals surface area (Å²) in [5.41, 5.74) is -2.59. The number of allylic oxidation sites excluding steroid dienone is 1. The van der Waals surface area contributed by atoms with E-state index in [1.165, 1.54) is 0 Å². The Bertz CT molecular complexity index is 549. The summed E-state index contributed by atoms with van der Waals surface area (Å²) in [5, 5.41) is 0. The SMILES string of the molecule is CCCC1=Cc2ccc(C(C)C)cc2S1(Br)C(F)(F)F. The molecule has 2 rings (SSSR count). The molecule has 0 bridgehead atoms. The van der Waals surface area contributed by atoms with Crippen molar-refractivity contribution in [3.05, 3.63) is 34.2 Å². The van der Waals surface area contributed by atoms with E-state index in [0.29, 0.717) is 28.2 Å². The third-order valence-electron chi connectivity index (χ3n) is 3.50. The number of rotatable bonds is 3. The average Bonchev–Trinajstić information content (AvgIpc) is 2.63. The molecule has 1 atom stereocenters. The van der Waals surface area contributed by atoms with E-state index >= 15 is 0 Å². The first kappa shape index (κ1) is 16.0. The lowest BCUT2D eigenvalue weighted by Gasteiger charge is -2.35. The summed E-state index contributed by atoms with van der Waals surface area (Å²) in [4.78, 5) is 0.906. The third-order valence-corrected chi connectivity index (χ3v) is 9.54. The van der Waals surface area contributed by atoms with Crippen LogP contribution in [0.2, 0.25) is 0 Å². The third kappa shape index (κ3) is 2.43. The van der Waals surface area contributed by atoms with Crippen LogP contribution in [0, 0.1) is 0 Å². The van der Waals surface area contributed by atoms with Gasteiger partial charge in [0.15, 0.2) is 0 Å². The van der Waals surface area contributed by atoms with Gasteiger partial charge < -0.3 is 0 Å². The van der Waals surface area contributed by atoms with E-state index in [2.05, 4.69) is 14.8 Å². The fourth-order valence-electron chi connectivity index (χ4n) is 2.40. The number of hydrogen-bond donors (Lipinski definition) is 0. The molecule has 112 valence electrons. The van der Waals surface area contributed by atoms with Gasteiger partial charge in [-0.05, 0) is 63.8 Å². The Morgan fingerprint density at radius 3 is 2.40 bits per heavy atom. The molecule has 1 aromatic carbocycles. The zero-order chi connectivity index (χ0) is 15.1.